The van der Waals surface area contributed by atoms with Crippen LogP contribution in [0.15, 0.2) is 0 Å². The average molecular weight is 130 g/mol. The molecule has 0 aromatic rings. The van der Waals surface area contributed by atoms with E-state index in [1.165, 1.54) is 19.3 Å². The molecule has 0 N–H and O–H groups in total. The molecule has 58 valence electrons. The molecule has 0 amide bonds. The van der Waals surface area contributed by atoms with E-state index in [9.17, 15) is 0 Å². The van der Waals surface area contributed by atoms with Gasteiger partial charge in [-0.1, -0.05) is 53.9 Å². The molecule has 0 aliphatic rings. The zero-order chi connectivity index (χ0) is 7.70. The summed E-state index contributed by atoms with van der Waals surface area (Å²) in [5, 5.41) is 0. The van der Waals surface area contributed by atoms with Gasteiger partial charge in [-0.15, -0.1) is 0 Å². The fourth-order valence-corrected chi connectivity index (χ4v) is 0.289. The Balaban J connectivity index is 0. The first-order valence-corrected chi connectivity index (χ1v) is 4.22. The second-order valence-electron chi connectivity index (χ2n) is 2.63. The highest BCUT2D eigenvalue weighted by atomic mass is 13.9. The molecule has 0 aromatic carbocycles. The summed E-state index contributed by atoms with van der Waals surface area (Å²) in [5.41, 5.74) is 0. The predicted octanol–water partition coefficient (Wildman–Crippen LogP) is 3.86. The molecule has 9 heavy (non-hydrogen) atoms. The molecule has 0 radical (unpaired) electrons. The standard InChI is InChI=1S/C6H14.C3H8/c1-4-6(3)5-2;1-3-2/h6H,4-5H2,1-3H3;3H2,1-2H3. The van der Waals surface area contributed by atoms with Gasteiger partial charge < -0.3 is 0 Å². The molecule has 0 unspecified atom stereocenters. The van der Waals surface area contributed by atoms with Gasteiger partial charge in [0.15, 0.2) is 0 Å². The van der Waals surface area contributed by atoms with E-state index in [0.717, 1.165) is 5.92 Å². The van der Waals surface area contributed by atoms with E-state index in [1.807, 2.05) is 0 Å². The number of hydrogen-bond acceptors (Lipinski definition) is 0. The summed E-state index contributed by atoms with van der Waals surface area (Å²) in [6.45, 7) is 11.0. The van der Waals surface area contributed by atoms with E-state index >= 15 is 0 Å². The van der Waals surface area contributed by atoms with Crippen LogP contribution in [0.1, 0.15) is 53.9 Å². The third-order valence-electron chi connectivity index (χ3n) is 1.39. The van der Waals surface area contributed by atoms with Crippen molar-refractivity contribution >= 4 is 0 Å². The molecule has 0 heterocycles. The van der Waals surface area contributed by atoms with Gasteiger partial charge in [0, 0.05) is 0 Å². The lowest BCUT2D eigenvalue weighted by Crippen LogP contribution is -1.85. The van der Waals surface area contributed by atoms with Gasteiger partial charge >= 0.3 is 0 Å². The first-order valence-electron chi connectivity index (χ1n) is 4.22. The smallest absolute Gasteiger partial charge is 0.0448 e. The molecule has 0 aliphatic heterocycles. The maximum absolute atomic E-state index is 2.28. The van der Waals surface area contributed by atoms with Gasteiger partial charge in [0.1, 0.15) is 0 Å². The topological polar surface area (TPSA) is 0 Å². The van der Waals surface area contributed by atoms with E-state index in [4.69, 9.17) is 0 Å². The molecular weight excluding hydrogens is 108 g/mol. The summed E-state index contributed by atoms with van der Waals surface area (Å²) >= 11 is 0. The van der Waals surface area contributed by atoms with Crippen LogP contribution >= 0.6 is 0 Å². The SMILES string of the molecule is CCC.CCC(C)CC. The highest BCUT2D eigenvalue weighted by Gasteiger charge is 1.88. The summed E-state index contributed by atoms with van der Waals surface area (Å²) in [6, 6.07) is 0. The predicted molar refractivity (Wildman–Crippen MR) is 45.7 cm³/mol. The van der Waals surface area contributed by atoms with Gasteiger partial charge in [0.05, 0.1) is 0 Å². The van der Waals surface area contributed by atoms with Crippen molar-refractivity contribution in [1.82, 2.24) is 0 Å². The van der Waals surface area contributed by atoms with Gasteiger partial charge in [-0.2, -0.15) is 0 Å². The van der Waals surface area contributed by atoms with E-state index in [-0.39, 0.29) is 0 Å². The molecule has 0 bridgehead atoms. The summed E-state index contributed by atoms with van der Waals surface area (Å²) in [5.74, 6) is 0.935. The minimum absolute atomic E-state index is 0.935. The Labute approximate surface area is 60.7 Å². The summed E-state index contributed by atoms with van der Waals surface area (Å²) in [7, 11) is 0. The first-order chi connectivity index (χ1) is 4.22. The first kappa shape index (κ1) is 11.8. The van der Waals surface area contributed by atoms with Gasteiger partial charge in [-0.3, -0.25) is 0 Å². The maximum Gasteiger partial charge on any atom is -0.0448 e. The Morgan fingerprint density at radius 1 is 0.889 bits per heavy atom. The molecule has 0 saturated heterocycles. The molecule has 0 rings (SSSR count). The number of hydrogen-bond donors (Lipinski definition) is 0. The van der Waals surface area contributed by atoms with Gasteiger partial charge in [-0.05, 0) is 5.92 Å². The van der Waals surface area contributed by atoms with Crippen LogP contribution in [0.3, 0.4) is 0 Å². The molecular formula is C9H22. The Bertz CT molecular complexity index is 27.0. The van der Waals surface area contributed by atoms with E-state index in [1.54, 1.807) is 0 Å². The van der Waals surface area contributed by atoms with E-state index in [0.29, 0.717) is 0 Å². The average Bonchev–Trinajstić information content (AvgIpc) is 1.88. The molecule has 0 aromatic heterocycles. The fraction of sp³-hybridized carbons (Fsp3) is 1.00. The van der Waals surface area contributed by atoms with E-state index in [2.05, 4.69) is 34.6 Å². The van der Waals surface area contributed by atoms with Crippen molar-refractivity contribution in [1.29, 1.82) is 0 Å². The van der Waals surface area contributed by atoms with Crippen molar-refractivity contribution in [3.63, 3.8) is 0 Å². The van der Waals surface area contributed by atoms with Gasteiger partial charge in [-0.25, -0.2) is 0 Å². The monoisotopic (exact) mass is 130 g/mol. The molecule has 0 spiro atoms. The Hall–Kier alpha value is 0. The van der Waals surface area contributed by atoms with Crippen molar-refractivity contribution in [2.45, 2.75) is 53.9 Å². The van der Waals surface area contributed by atoms with Crippen molar-refractivity contribution in [2.75, 3.05) is 0 Å². The van der Waals surface area contributed by atoms with Crippen LogP contribution in [0.25, 0.3) is 0 Å². The molecule has 0 heteroatoms. The van der Waals surface area contributed by atoms with Crippen LogP contribution in [0, 0.1) is 5.92 Å². The maximum atomic E-state index is 2.28. The van der Waals surface area contributed by atoms with Gasteiger partial charge in [0.2, 0.25) is 0 Å². The second kappa shape index (κ2) is 10.9. The Morgan fingerprint density at radius 2 is 1.11 bits per heavy atom. The lowest BCUT2D eigenvalue weighted by atomic mass is 10.1. The quantitative estimate of drug-likeness (QED) is 0.532. The van der Waals surface area contributed by atoms with Crippen molar-refractivity contribution in [2.24, 2.45) is 5.92 Å². The summed E-state index contributed by atoms with van der Waals surface area (Å²) in [4.78, 5) is 0. The van der Waals surface area contributed by atoms with Crippen LogP contribution in [0.5, 0.6) is 0 Å². The van der Waals surface area contributed by atoms with Crippen LogP contribution in [-0.4, -0.2) is 0 Å². The van der Waals surface area contributed by atoms with Crippen LogP contribution in [0.4, 0.5) is 0 Å². The number of rotatable bonds is 2. The molecule has 0 nitrogen and oxygen atoms in total. The lowest BCUT2D eigenvalue weighted by molar-refractivity contribution is 0.544. The minimum atomic E-state index is 0.935. The summed E-state index contributed by atoms with van der Waals surface area (Å²) in [6.07, 6.45) is 3.91. The Morgan fingerprint density at radius 3 is 1.11 bits per heavy atom. The highest BCUT2D eigenvalue weighted by Crippen LogP contribution is 2.02. The van der Waals surface area contributed by atoms with E-state index < -0.39 is 0 Å². The van der Waals surface area contributed by atoms with Crippen LogP contribution in [0.2, 0.25) is 0 Å². The molecule has 0 atom stereocenters. The van der Waals surface area contributed by atoms with Crippen LogP contribution < -0.4 is 0 Å². The second-order valence-corrected chi connectivity index (χ2v) is 2.63. The normalized spacial score (nSPS) is 8.67. The van der Waals surface area contributed by atoms with Crippen molar-refractivity contribution in [3.05, 3.63) is 0 Å². The third-order valence-corrected chi connectivity index (χ3v) is 1.39. The minimum Gasteiger partial charge on any atom is -0.0656 e. The highest BCUT2D eigenvalue weighted by molar-refractivity contribution is 4.41. The van der Waals surface area contributed by atoms with Crippen molar-refractivity contribution in [3.8, 4) is 0 Å². The molecule has 0 fully saturated rings. The molecule has 0 aliphatic carbocycles. The summed E-state index contributed by atoms with van der Waals surface area (Å²) < 4.78 is 0. The van der Waals surface area contributed by atoms with Crippen molar-refractivity contribution < 1.29 is 0 Å². The zero-order valence-corrected chi connectivity index (χ0v) is 7.70. The lowest BCUT2D eigenvalue weighted by Gasteiger charge is -1.98. The Kier molecular flexibility index (Phi) is 14.2. The largest absolute Gasteiger partial charge is 0.0656 e. The fourth-order valence-electron chi connectivity index (χ4n) is 0.289. The third kappa shape index (κ3) is 18.0. The van der Waals surface area contributed by atoms with Gasteiger partial charge in [0.25, 0.3) is 0 Å². The molecule has 0 saturated carbocycles. The van der Waals surface area contributed by atoms with Crippen LogP contribution in [-0.2, 0) is 0 Å². The zero-order valence-electron chi connectivity index (χ0n) is 7.70.